The number of ether oxygens (including phenoxy) is 1. The van der Waals surface area contributed by atoms with Crippen LogP contribution < -0.4 is 20.7 Å². The number of hydrogen-bond donors (Lipinski definition) is 5. The summed E-state index contributed by atoms with van der Waals surface area (Å²) in [5.41, 5.74) is 3.52. The summed E-state index contributed by atoms with van der Waals surface area (Å²) in [7, 11) is 0. The molecule has 4 unspecified atom stereocenters. The van der Waals surface area contributed by atoms with Crippen LogP contribution in [0.15, 0.2) is 52.3 Å². The normalized spacial score (nSPS) is 23.7. The van der Waals surface area contributed by atoms with E-state index in [1.165, 1.54) is 11.3 Å². The van der Waals surface area contributed by atoms with Crippen LogP contribution in [-0.2, 0) is 28.0 Å². The number of aromatic nitrogens is 2. The van der Waals surface area contributed by atoms with Crippen LogP contribution in [0.25, 0.3) is 10.7 Å². The molecule has 234 valence electrons. The summed E-state index contributed by atoms with van der Waals surface area (Å²) in [6.07, 6.45) is -1.65. The summed E-state index contributed by atoms with van der Waals surface area (Å²) < 4.78 is 13.4. The zero-order valence-corrected chi connectivity index (χ0v) is 26.1. The van der Waals surface area contributed by atoms with Crippen molar-refractivity contribution in [2.45, 2.75) is 70.6 Å². The Labute approximate surface area is 264 Å². The van der Waals surface area contributed by atoms with E-state index < -0.39 is 41.6 Å². The fraction of sp³-hybridized carbons (Fsp3) is 0.394. The number of oxazole rings is 1. The average molecular weight is 630 g/mol. The van der Waals surface area contributed by atoms with Crippen molar-refractivity contribution < 1.29 is 29.0 Å². The van der Waals surface area contributed by atoms with Gasteiger partial charge in [0.2, 0.25) is 17.7 Å². The summed E-state index contributed by atoms with van der Waals surface area (Å²) >= 11 is 1.36. The quantitative estimate of drug-likeness (QED) is 0.215. The van der Waals surface area contributed by atoms with Crippen molar-refractivity contribution in [3.63, 3.8) is 0 Å². The molecule has 1 spiro atoms. The first-order chi connectivity index (χ1) is 21.6. The van der Waals surface area contributed by atoms with Crippen LogP contribution in [0.3, 0.4) is 0 Å². The van der Waals surface area contributed by atoms with E-state index in [9.17, 15) is 19.8 Å². The number of amides is 2. The van der Waals surface area contributed by atoms with E-state index in [1.807, 2.05) is 56.3 Å². The van der Waals surface area contributed by atoms with Crippen LogP contribution in [0.4, 0.5) is 5.69 Å². The molecule has 5 heterocycles. The van der Waals surface area contributed by atoms with E-state index in [-0.39, 0.29) is 24.9 Å². The van der Waals surface area contributed by atoms with Gasteiger partial charge >= 0.3 is 0 Å². The summed E-state index contributed by atoms with van der Waals surface area (Å²) in [6.45, 7) is 7.18. The second-order valence-corrected chi connectivity index (χ2v) is 13.4. The Balaban J connectivity index is 1.48. The van der Waals surface area contributed by atoms with Crippen LogP contribution in [-0.4, -0.2) is 50.4 Å². The van der Waals surface area contributed by atoms with E-state index in [0.29, 0.717) is 33.8 Å². The van der Waals surface area contributed by atoms with Gasteiger partial charge in [0.05, 0.1) is 12.3 Å². The molecule has 2 aromatic heterocycles. The number of nitrogens with zero attached hydrogens (tertiary/aromatic N) is 2. The van der Waals surface area contributed by atoms with E-state index in [0.717, 1.165) is 22.4 Å². The van der Waals surface area contributed by atoms with Crippen LogP contribution >= 0.6 is 11.3 Å². The lowest BCUT2D eigenvalue weighted by Crippen LogP contribution is -2.52. The Hall–Kier alpha value is -4.26. The molecular weight excluding hydrogens is 594 g/mol. The predicted octanol–water partition coefficient (Wildman–Crippen LogP) is 3.64. The molecule has 4 bridgehead atoms. The van der Waals surface area contributed by atoms with Gasteiger partial charge in [0.25, 0.3) is 0 Å². The van der Waals surface area contributed by atoms with Crippen molar-refractivity contribution in [2.75, 3.05) is 5.32 Å². The van der Waals surface area contributed by atoms with E-state index in [2.05, 4.69) is 20.9 Å². The summed E-state index contributed by atoms with van der Waals surface area (Å²) in [5, 5.41) is 32.1. The van der Waals surface area contributed by atoms with Crippen LogP contribution in [0.1, 0.15) is 67.8 Å². The molecule has 45 heavy (non-hydrogen) atoms. The minimum absolute atomic E-state index is 0.145. The molecule has 2 amide bonds. The first-order valence-corrected chi connectivity index (χ1v) is 16.0. The molecule has 5 N–H and O–H groups in total. The zero-order valence-electron chi connectivity index (χ0n) is 25.3. The van der Waals surface area contributed by atoms with Gasteiger partial charge in [-0.1, -0.05) is 58.0 Å². The topological polar surface area (TPSA) is 159 Å². The number of carbonyl (C=O) groups is 2. The number of rotatable bonds is 6. The fourth-order valence-corrected chi connectivity index (χ4v) is 7.29. The lowest BCUT2D eigenvalue weighted by atomic mass is 9.72. The van der Waals surface area contributed by atoms with E-state index in [1.54, 1.807) is 19.2 Å². The minimum Gasteiger partial charge on any atom is -0.469 e. The maximum atomic E-state index is 13.9. The van der Waals surface area contributed by atoms with Gasteiger partial charge in [-0.05, 0) is 35.1 Å². The monoisotopic (exact) mass is 629 g/mol. The number of carbonyl (C=O) groups excluding carboxylic acids is 2. The molecule has 2 aromatic carbocycles. The van der Waals surface area contributed by atoms with Gasteiger partial charge < -0.3 is 35.3 Å². The number of thiazole rings is 1. The zero-order chi connectivity index (χ0) is 31.6. The highest BCUT2D eigenvalue weighted by atomic mass is 32.1. The van der Waals surface area contributed by atoms with Gasteiger partial charge in [-0.3, -0.25) is 9.59 Å². The van der Waals surface area contributed by atoms with Gasteiger partial charge in [0.15, 0.2) is 12.0 Å². The average Bonchev–Trinajstić information content (AvgIpc) is 3.79. The molecule has 4 aromatic rings. The molecule has 12 heteroatoms. The second kappa shape index (κ2) is 11.0. The summed E-state index contributed by atoms with van der Waals surface area (Å²) in [4.78, 5) is 36.6. The Morgan fingerprint density at radius 2 is 1.93 bits per heavy atom. The highest BCUT2D eigenvalue weighted by Crippen LogP contribution is 2.59. The van der Waals surface area contributed by atoms with Gasteiger partial charge in [-0.2, -0.15) is 0 Å². The number of hydrogen-bond acceptors (Lipinski definition) is 10. The predicted molar refractivity (Wildman–Crippen MR) is 167 cm³/mol. The van der Waals surface area contributed by atoms with Crippen molar-refractivity contribution in [3.05, 3.63) is 81.9 Å². The maximum Gasteiger partial charge on any atom is 0.249 e. The number of aliphatic hydroxyl groups excluding tert-OH is 2. The lowest BCUT2D eigenvalue weighted by molar-refractivity contribution is -0.135. The van der Waals surface area contributed by atoms with Gasteiger partial charge in [0.1, 0.15) is 40.1 Å². The van der Waals surface area contributed by atoms with Crippen molar-refractivity contribution in [3.8, 4) is 16.5 Å². The molecule has 0 saturated heterocycles. The molecule has 7 rings (SSSR count). The van der Waals surface area contributed by atoms with Crippen molar-refractivity contribution >= 4 is 28.8 Å². The number of aliphatic hydroxyl groups is 2. The third-order valence-electron chi connectivity index (χ3n) is 8.87. The van der Waals surface area contributed by atoms with Gasteiger partial charge in [-0.25, -0.2) is 9.97 Å². The second-order valence-electron chi connectivity index (χ2n) is 12.5. The SMILES string of the molecule is CC(C)C1NC(=O)C(NC(=O)[C@@H](O)C(C)C)Cc2ccc3c(c2)C2(c4ccccc4NC2O3)c2oc1nc2-c1nc(CO)cs1. The number of anilines is 1. The molecule has 0 radical (unpaired) electrons. The van der Waals surface area contributed by atoms with E-state index >= 15 is 0 Å². The Bertz CT molecular complexity index is 1800. The fourth-order valence-electron chi connectivity index (χ4n) is 6.50. The largest absolute Gasteiger partial charge is 0.469 e. The van der Waals surface area contributed by atoms with Crippen molar-refractivity contribution in [1.82, 2.24) is 20.6 Å². The molecule has 0 saturated carbocycles. The Morgan fingerprint density at radius 1 is 1.13 bits per heavy atom. The number of para-hydroxylation sites is 1. The number of nitrogens with one attached hydrogen (secondary N) is 3. The Morgan fingerprint density at radius 3 is 2.67 bits per heavy atom. The van der Waals surface area contributed by atoms with Crippen molar-refractivity contribution in [2.24, 2.45) is 11.8 Å². The molecule has 0 aliphatic carbocycles. The molecule has 3 aliphatic heterocycles. The summed E-state index contributed by atoms with van der Waals surface area (Å²) in [5.74, 6) is -0.0327. The molecule has 0 fully saturated rings. The first kappa shape index (κ1) is 29.5. The lowest BCUT2D eigenvalue weighted by Gasteiger charge is -2.29. The van der Waals surface area contributed by atoms with E-state index in [4.69, 9.17) is 14.1 Å². The minimum atomic E-state index is -1.27. The van der Waals surface area contributed by atoms with Crippen LogP contribution in [0, 0.1) is 11.8 Å². The van der Waals surface area contributed by atoms with Gasteiger partial charge in [0, 0.05) is 23.1 Å². The van der Waals surface area contributed by atoms with Crippen LogP contribution in [0.5, 0.6) is 5.75 Å². The highest BCUT2D eigenvalue weighted by Gasteiger charge is 2.61. The molecule has 3 aliphatic rings. The molecule has 11 nitrogen and oxygen atoms in total. The maximum absolute atomic E-state index is 13.9. The number of benzene rings is 2. The highest BCUT2D eigenvalue weighted by molar-refractivity contribution is 7.13. The van der Waals surface area contributed by atoms with Crippen LogP contribution in [0.2, 0.25) is 0 Å². The third kappa shape index (κ3) is 4.62. The third-order valence-corrected chi connectivity index (χ3v) is 9.76. The summed E-state index contributed by atoms with van der Waals surface area (Å²) in [6, 6.07) is 12.1. The molecule has 5 atom stereocenters. The molecular formula is C33H35N5O6S. The standard InChI is InChI=1S/C33H35N5O6S/c1-15(2)24-30-38-25(31-34-18(13-39)14-45-31)27(44-30)33-19-7-5-6-8-21(19)36-32(33)43-23-10-9-17(11-20(23)33)12-22(28(41)37-24)35-29(42)26(40)16(3)4/h5-11,14-16,22,24,26,32,36,39-40H,12-13H2,1-4H3,(H,35,42)(H,37,41)/t22?,24?,26-,32?,33?/m0/s1. The van der Waals surface area contributed by atoms with Crippen molar-refractivity contribution in [1.29, 1.82) is 0 Å². The van der Waals surface area contributed by atoms with Gasteiger partial charge in [-0.15, -0.1) is 11.3 Å². The Kier molecular flexibility index (Phi) is 7.18. The smallest absolute Gasteiger partial charge is 0.249 e. The number of fused-ring (bicyclic) bond motifs is 4. The first-order valence-electron chi connectivity index (χ1n) is 15.1.